The van der Waals surface area contributed by atoms with E-state index in [1.54, 1.807) is 12.3 Å². The van der Waals surface area contributed by atoms with Crippen LogP contribution in [0.1, 0.15) is 73.6 Å². The molecule has 2 aromatic heterocycles. The Labute approximate surface area is 244 Å². The second kappa shape index (κ2) is 9.92. The van der Waals surface area contributed by atoms with E-state index in [0.29, 0.717) is 25.0 Å². The van der Waals surface area contributed by atoms with Crippen LogP contribution in [0.3, 0.4) is 0 Å². The average molecular weight is 655 g/mol. The van der Waals surface area contributed by atoms with Gasteiger partial charge in [-0.1, -0.05) is 21.3 Å². The number of hydrogen-bond acceptors (Lipinski definition) is 6. The van der Waals surface area contributed by atoms with Crippen molar-refractivity contribution in [3.05, 3.63) is 81.0 Å². The number of allylic oxidation sites excluding steroid dienone is 1. The van der Waals surface area contributed by atoms with Gasteiger partial charge in [-0.15, -0.1) is 0 Å². The molecule has 2 saturated carbocycles. The van der Waals surface area contributed by atoms with E-state index < -0.39 is 15.0 Å². The molecule has 1 aromatic carbocycles. The summed E-state index contributed by atoms with van der Waals surface area (Å²) >= 11 is 2.30. The predicted octanol–water partition coefficient (Wildman–Crippen LogP) is 6.57. The highest BCUT2D eigenvalue weighted by atomic mass is 127. The minimum atomic E-state index is -2.44. The summed E-state index contributed by atoms with van der Waals surface area (Å²) in [5.41, 5.74) is 10.0. The van der Waals surface area contributed by atoms with Gasteiger partial charge in [0.2, 0.25) is 0 Å². The molecular formula is C30H35IN6OS. The Balaban J connectivity index is 1.39. The SMILES string of the molecule is CC1(N)CCC(S(=N)(=N)[C@H]2CCC3=Cc4c(cnn4-c4ccc(I)cc4)C[C@]3(C(=O)c3ccccn3)C2)CC1. The summed E-state index contributed by atoms with van der Waals surface area (Å²) in [6.45, 7) is 2.09. The first kappa shape index (κ1) is 26.8. The van der Waals surface area contributed by atoms with Gasteiger partial charge in [0.05, 0.1) is 23.0 Å². The maximum Gasteiger partial charge on any atom is 0.191 e. The third-order valence-corrected chi connectivity index (χ3v) is 12.8. The number of pyridine rings is 1. The van der Waals surface area contributed by atoms with Gasteiger partial charge < -0.3 is 5.73 Å². The number of Topliss-reactive ketones (excluding diaryl/α,β-unsaturated/α-hetero) is 1. The van der Waals surface area contributed by atoms with Crippen LogP contribution in [-0.4, -0.2) is 36.6 Å². The molecule has 3 aromatic rings. The van der Waals surface area contributed by atoms with Crippen LogP contribution in [-0.2, 0) is 16.0 Å². The quantitative estimate of drug-likeness (QED) is 0.213. The minimum absolute atomic E-state index is 0.0140. The number of aromatic nitrogens is 3. The summed E-state index contributed by atoms with van der Waals surface area (Å²) in [6.07, 6.45) is 11.7. The van der Waals surface area contributed by atoms with Crippen molar-refractivity contribution in [1.82, 2.24) is 14.8 Å². The van der Waals surface area contributed by atoms with Crippen molar-refractivity contribution in [3.63, 3.8) is 0 Å². The van der Waals surface area contributed by atoms with Gasteiger partial charge in [0.1, 0.15) is 5.69 Å². The number of ketones is 1. The van der Waals surface area contributed by atoms with Gasteiger partial charge in [0.15, 0.2) is 5.78 Å². The maximum atomic E-state index is 14.4. The minimum Gasteiger partial charge on any atom is -0.325 e. The molecule has 3 aliphatic carbocycles. The fourth-order valence-corrected chi connectivity index (χ4v) is 9.73. The van der Waals surface area contributed by atoms with Gasteiger partial charge >= 0.3 is 0 Å². The second-order valence-corrected chi connectivity index (χ2v) is 15.8. The lowest BCUT2D eigenvalue weighted by molar-refractivity contribution is 0.0797. The van der Waals surface area contributed by atoms with Crippen molar-refractivity contribution >= 4 is 44.1 Å². The lowest BCUT2D eigenvalue weighted by Gasteiger charge is -2.47. The van der Waals surface area contributed by atoms with E-state index in [1.807, 2.05) is 23.0 Å². The van der Waals surface area contributed by atoms with Gasteiger partial charge in [-0.05, 0) is 129 Å². The molecule has 7 nitrogen and oxygen atoms in total. The average Bonchev–Trinajstić information content (AvgIpc) is 3.34. The Morgan fingerprint density at radius 3 is 2.54 bits per heavy atom. The van der Waals surface area contributed by atoms with Crippen molar-refractivity contribution in [3.8, 4) is 5.69 Å². The van der Waals surface area contributed by atoms with Gasteiger partial charge in [0, 0.05) is 25.8 Å². The van der Waals surface area contributed by atoms with Crippen LogP contribution in [0.2, 0.25) is 0 Å². The summed E-state index contributed by atoms with van der Waals surface area (Å²) in [4.78, 5) is 18.8. The molecule has 39 heavy (non-hydrogen) atoms. The molecule has 0 amide bonds. The zero-order valence-corrected chi connectivity index (χ0v) is 25.2. The first-order valence-electron chi connectivity index (χ1n) is 13.7. The Morgan fingerprint density at radius 2 is 1.85 bits per heavy atom. The van der Waals surface area contributed by atoms with Crippen LogP contribution in [0.25, 0.3) is 11.8 Å². The first-order valence-corrected chi connectivity index (χ1v) is 16.5. The van der Waals surface area contributed by atoms with E-state index >= 15 is 0 Å². The fraction of sp³-hybridized carbons (Fsp3) is 0.433. The lowest BCUT2D eigenvalue weighted by Crippen LogP contribution is -2.48. The third-order valence-electron chi connectivity index (χ3n) is 9.15. The van der Waals surface area contributed by atoms with E-state index in [-0.39, 0.29) is 21.8 Å². The van der Waals surface area contributed by atoms with Crippen molar-refractivity contribution < 1.29 is 4.79 Å². The topological polar surface area (TPSA) is 121 Å². The normalized spacial score (nSPS) is 28.7. The number of rotatable bonds is 5. The summed E-state index contributed by atoms with van der Waals surface area (Å²) < 4.78 is 21.9. The van der Waals surface area contributed by atoms with Crippen LogP contribution in [0.15, 0.2) is 60.4 Å². The highest BCUT2D eigenvalue weighted by Crippen LogP contribution is 2.52. The molecule has 0 saturated heterocycles. The maximum absolute atomic E-state index is 14.4. The third kappa shape index (κ3) is 4.80. The smallest absolute Gasteiger partial charge is 0.191 e. The number of hydrogen-bond donors (Lipinski definition) is 3. The largest absolute Gasteiger partial charge is 0.325 e. The number of nitrogens with zero attached hydrogens (tertiary/aromatic N) is 3. The number of halogens is 1. The highest BCUT2D eigenvalue weighted by molar-refractivity contribution is 14.1. The van der Waals surface area contributed by atoms with E-state index in [2.05, 4.69) is 64.8 Å². The number of carbonyl (C=O) groups excluding carboxylic acids is 1. The van der Waals surface area contributed by atoms with Crippen LogP contribution in [0, 0.1) is 18.5 Å². The number of carbonyl (C=O) groups is 1. The van der Waals surface area contributed by atoms with Gasteiger partial charge in [-0.3, -0.25) is 19.3 Å². The monoisotopic (exact) mass is 654 g/mol. The van der Waals surface area contributed by atoms with Crippen molar-refractivity contribution in [1.29, 1.82) is 9.56 Å². The van der Waals surface area contributed by atoms with Gasteiger partial charge in [-0.2, -0.15) is 5.10 Å². The number of nitrogens with two attached hydrogens (primary N) is 1. The Bertz CT molecular complexity index is 1530. The zero-order valence-electron chi connectivity index (χ0n) is 22.2. The van der Waals surface area contributed by atoms with Crippen LogP contribution >= 0.6 is 22.6 Å². The van der Waals surface area contributed by atoms with Gasteiger partial charge in [-0.25, -0.2) is 4.68 Å². The Kier molecular flexibility index (Phi) is 6.83. The van der Waals surface area contributed by atoms with E-state index in [4.69, 9.17) is 10.8 Å². The molecule has 0 spiro atoms. The lowest BCUT2D eigenvalue weighted by atomic mass is 9.61. The molecule has 204 valence electrons. The summed E-state index contributed by atoms with van der Waals surface area (Å²) in [5, 5.41) is 4.66. The molecule has 2 fully saturated rings. The van der Waals surface area contributed by atoms with E-state index in [1.165, 1.54) is 3.57 Å². The van der Waals surface area contributed by atoms with Crippen LogP contribution in [0.5, 0.6) is 0 Å². The molecule has 2 heterocycles. The summed E-state index contributed by atoms with van der Waals surface area (Å²) in [7, 11) is -2.44. The number of fused-ring (bicyclic) bond motifs is 2. The Morgan fingerprint density at radius 1 is 1.10 bits per heavy atom. The molecule has 0 bridgehead atoms. The molecule has 0 aliphatic heterocycles. The number of nitrogens with one attached hydrogen (secondary N) is 2. The molecule has 2 atom stereocenters. The molecule has 0 unspecified atom stereocenters. The standard InChI is InChI=1S/C30H35IN6OS/c1-29(32)13-11-24(12-14-29)39(33,34)25-10-5-21-16-27-20(19-36-37(27)23-8-6-22(31)7-9-23)17-30(21,18-25)28(38)26-4-2-3-15-35-26/h2-4,6-9,15-16,19,24-25,33-34H,5,10-14,17-18,32H2,1H3/t24?,25-,29?,30-/m0/s1. The molecular weight excluding hydrogens is 619 g/mol. The fourth-order valence-electron chi connectivity index (χ4n) is 6.81. The van der Waals surface area contributed by atoms with Crippen LogP contribution < -0.4 is 5.73 Å². The van der Waals surface area contributed by atoms with E-state index in [9.17, 15) is 14.4 Å². The second-order valence-electron chi connectivity index (χ2n) is 11.8. The predicted molar refractivity (Wildman–Crippen MR) is 164 cm³/mol. The summed E-state index contributed by atoms with van der Waals surface area (Å²) in [5.74, 6) is 0.0140. The van der Waals surface area contributed by atoms with E-state index in [0.717, 1.165) is 54.6 Å². The van der Waals surface area contributed by atoms with Crippen molar-refractivity contribution in [2.45, 2.75) is 74.3 Å². The van der Waals surface area contributed by atoms with Crippen molar-refractivity contribution in [2.24, 2.45) is 11.1 Å². The molecule has 6 rings (SSSR count). The highest BCUT2D eigenvalue weighted by Gasteiger charge is 2.51. The zero-order chi connectivity index (χ0) is 27.4. The van der Waals surface area contributed by atoms with Crippen LogP contribution in [0.4, 0.5) is 0 Å². The molecule has 9 heteroatoms. The van der Waals surface area contributed by atoms with Gasteiger partial charge in [0.25, 0.3) is 0 Å². The Hall–Kier alpha value is -2.37. The summed E-state index contributed by atoms with van der Waals surface area (Å²) in [6, 6.07) is 13.8. The molecule has 0 radical (unpaired) electrons. The first-order chi connectivity index (χ1) is 18.6. The molecule has 4 N–H and O–H groups in total. The molecule has 3 aliphatic rings. The number of benzene rings is 1. The van der Waals surface area contributed by atoms with Crippen molar-refractivity contribution in [2.75, 3.05) is 0 Å².